The number of halogens is 4. The number of fused-ring (bicyclic) bond motifs is 1. The van der Waals surface area contributed by atoms with Crippen LogP contribution in [0.2, 0.25) is 0 Å². The van der Waals surface area contributed by atoms with Crippen LogP contribution in [0.25, 0.3) is 16.6 Å². The molecule has 1 atom stereocenters. The molecule has 3 rings (SSSR count). The fourth-order valence-electron chi connectivity index (χ4n) is 3.10. The Kier molecular flexibility index (Phi) is 8.48. The van der Waals surface area contributed by atoms with Gasteiger partial charge in [-0.3, -0.25) is 14.1 Å². The third-order valence-electron chi connectivity index (χ3n) is 4.68. The first-order valence-corrected chi connectivity index (χ1v) is 12.4. The van der Waals surface area contributed by atoms with E-state index >= 15 is 0 Å². The molecule has 1 unspecified atom stereocenters. The Balaban J connectivity index is 1.94. The number of nitrogens with zero attached hydrogens (tertiary/aromatic N) is 2. The highest BCUT2D eigenvalue weighted by Gasteiger charge is 2.35. The molecule has 2 aromatic carbocycles. The summed E-state index contributed by atoms with van der Waals surface area (Å²) in [6, 6.07) is 6.55. The molecule has 14 heteroatoms. The Morgan fingerprint density at radius 2 is 1.92 bits per heavy atom. The molecule has 3 N–H and O–H groups in total. The first kappa shape index (κ1) is 27.3. The summed E-state index contributed by atoms with van der Waals surface area (Å²) < 4.78 is 57.3. The standard InChI is InChI=1S/C22H19ClF3N5O3S2/c1-4-19(35-12(2)23)36(34)30-21(33)29-14-6-8-18(16(9-14)22(24,25)26)31-11-28-17-10-13(27-3)5-7-15(17)20(31)32/h4-11,27H,2H2,1,3H3,(H2,29,30,33)/b19-4+. The Hall–Kier alpha value is -3.29. The zero-order valence-corrected chi connectivity index (χ0v) is 21.2. The van der Waals surface area contributed by atoms with Crippen molar-refractivity contribution in [3.8, 4) is 5.69 Å². The maximum Gasteiger partial charge on any atom is 0.418 e. The van der Waals surface area contributed by atoms with Crippen LogP contribution in [0.5, 0.6) is 0 Å². The first-order valence-electron chi connectivity index (χ1n) is 10.0. The number of rotatable bonds is 7. The van der Waals surface area contributed by atoms with Crippen LogP contribution in [0, 0.1) is 0 Å². The Morgan fingerprint density at radius 1 is 1.22 bits per heavy atom. The van der Waals surface area contributed by atoms with E-state index in [1.54, 1.807) is 26.1 Å². The van der Waals surface area contributed by atoms with E-state index in [1.807, 2.05) is 0 Å². The van der Waals surface area contributed by atoms with Crippen LogP contribution in [-0.4, -0.2) is 26.8 Å². The van der Waals surface area contributed by atoms with Crippen LogP contribution in [-0.2, 0) is 17.2 Å². The van der Waals surface area contributed by atoms with Gasteiger partial charge in [-0.15, -0.1) is 0 Å². The quantitative estimate of drug-likeness (QED) is 0.352. The number of urea groups is 1. The minimum Gasteiger partial charge on any atom is -0.388 e. The van der Waals surface area contributed by atoms with Gasteiger partial charge in [-0.2, -0.15) is 13.2 Å². The van der Waals surface area contributed by atoms with E-state index in [4.69, 9.17) is 11.6 Å². The Labute approximate surface area is 215 Å². The number of aromatic nitrogens is 2. The second-order valence-corrected chi connectivity index (χ2v) is 10.3. The van der Waals surface area contributed by atoms with Crippen molar-refractivity contribution >= 4 is 62.7 Å². The number of allylic oxidation sites excluding steroid dienone is 1. The van der Waals surface area contributed by atoms with Crippen molar-refractivity contribution in [2.45, 2.75) is 13.1 Å². The van der Waals surface area contributed by atoms with Crippen molar-refractivity contribution in [3.05, 3.63) is 79.9 Å². The summed E-state index contributed by atoms with van der Waals surface area (Å²) >= 11 is 6.54. The minimum atomic E-state index is -4.87. The van der Waals surface area contributed by atoms with Crippen LogP contribution in [0.15, 0.2) is 68.8 Å². The molecular weight excluding hydrogens is 539 g/mol. The number of benzene rings is 2. The van der Waals surface area contributed by atoms with Gasteiger partial charge < -0.3 is 10.6 Å². The highest BCUT2D eigenvalue weighted by atomic mass is 35.5. The van der Waals surface area contributed by atoms with Crippen molar-refractivity contribution in [2.75, 3.05) is 17.7 Å². The molecular formula is C22H19ClF3N5O3S2. The molecule has 1 aromatic heterocycles. The number of carbonyl (C=O) groups excluding carboxylic acids is 1. The van der Waals surface area contributed by atoms with Gasteiger partial charge in [0, 0.05) is 18.4 Å². The fraction of sp³-hybridized carbons (Fsp3) is 0.136. The zero-order chi connectivity index (χ0) is 26.6. The number of thioether (sulfide) groups is 1. The zero-order valence-electron chi connectivity index (χ0n) is 18.8. The number of hydrogen-bond acceptors (Lipinski definition) is 6. The summed E-state index contributed by atoms with van der Waals surface area (Å²) in [5.41, 5.74) is -1.58. The van der Waals surface area contributed by atoms with Crippen LogP contribution >= 0.6 is 23.4 Å². The molecule has 0 aliphatic heterocycles. The van der Waals surface area contributed by atoms with Crippen molar-refractivity contribution in [1.82, 2.24) is 14.3 Å². The summed E-state index contributed by atoms with van der Waals surface area (Å²) in [5.74, 6) is 0. The molecule has 190 valence electrons. The average Bonchev–Trinajstić information content (AvgIpc) is 2.81. The van der Waals surface area contributed by atoms with E-state index in [0.717, 1.165) is 28.7 Å². The van der Waals surface area contributed by atoms with E-state index in [-0.39, 0.29) is 19.7 Å². The minimum absolute atomic E-state index is 0.116. The number of carbonyl (C=O) groups is 1. The van der Waals surface area contributed by atoms with Gasteiger partial charge in [-0.25, -0.2) is 14.0 Å². The first-order chi connectivity index (χ1) is 16.9. The molecule has 36 heavy (non-hydrogen) atoms. The van der Waals surface area contributed by atoms with Crippen LogP contribution in [0.3, 0.4) is 0 Å². The smallest absolute Gasteiger partial charge is 0.388 e. The third-order valence-corrected chi connectivity index (χ3v) is 7.25. The second-order valence-electron chi connectivity index (χ2n) is 7.02. The van der Waals surface area contributed by atoms with Crippen molar-refractivity contribution < 1.29 is 22.2 Å². The normalized spacial score (nSPS) is 12.8. The van der Waals surface area contributed by atoms with Crippen LogP contribution in [0.1, 0.15) is 12.5 Å². The monoisotopic (exact) mass is 557 g/mol. The summed E-state index contributed by atoms with van der Waals surface area (Å²) in [7, 11) is -0.340. The molecule has 0 saturated heterocycles. The predicted molar refractivity (Wildman–Crippen MR) is 139 cm³/mol. The van der Waals surface area contributed by atoms with Gasteiger partial charge >= 0.3 is 12.2 Å². The Morgan fingerprint density at radius 3 is 2.53 bits per heavy atom. The predicted octanol–water partition coefficient (Wildman–Crippen LogP) is 5.54. The number of anilines is 2. The van der Waals surface area contributed by atoms with E-state index in [9.17, 15) is 27.0 Å². The molecule has 8 nitrogen and oxygen atoms in total. The molecule has 0 fully saturated rings. The molecule has 1 heterocycles. The molecule has 2 amide bonds. The average molecular weight is 558 g/mol. The lowest BCUT2D eigenvalue weighted by Gasteiger charge is -2.17. The number of amides is 2. The van der Waals surface area contributed by atoms with Crippen LogP contribution < -0.4 is 20.9 Å². The fourth-order valence-corrected chi connectivity index (χ4v) is 5.09. The SMILES string of the molecule is C=C(Cl)S/C(=C\C)S(=O)NC(=O)Nc1ccc(-n2cnc3cc(NC)ccc3c2=O)c(C(F)(F)F)c1. The highest BCUT2D eigenvalue weighted by molar-refractivity contribution is 8.19. The van der Waals surface area contributed by atoms with E-state index in [1.165, 1.54) is 18.2 Å². The van der Waals surface area contributed by atoms with E-state index < -0.39 is 40.0 Å². The lowest BCUT2D eigenvalue weighted by Crippen LogP contribution is -2.31. The van der Waals surface area contributed by atoms with Crippen molar-refractivity contribution in [1.29, 1.82) is 0 Å². The topological polar surface area (TPSA) is 105 Å². The van der Waals surface area contributed by atoms with Gasteiger partial charge in [-0.05, 0) is 43.3 Å². The third kappa shape index (κ3) is 6.28. The molecule has 0 saturated carbocycles. The van der Waals surface area contributed by atoms with Gasteiger partial charge in [0.15, 0.2) is 11.0 Å². The molecule has 0 spiro atoms. The number of alkyl halides is 3. The maximum atomic E-state index is 13.9. The Bertz CT molecular complexity index is 1460. The van der Waals surface area contributed by atoms with Crippen molar-refractivity contribution in [2.24, 2.45) is 0 Å². The summed E-state index contributed by atoms with van der Waals surface area (Å²) in [6.07, 6.45) is -2.41. The second kappa shape index (κ2) is 11.2. The summed E-state index contributed by atoms with van der Waals surface area (Å²) in [5, 5.41) is 5.23. The van der Waals surface area contributed by atoms with Gasteiger partial charge in [0.2, 0.25) is 0 Å². The van der Waals surface area contributed by atoms with Gasteiger partial charge in [0.25, 0.3) is 5.56 Å². The van der Waals surface area contributed by atoms with E-state index in [2.05, 4.69) is 26.9 Å². The molecule has 0 aliphatic rings. The van der Waals surface area contributed by atoms with Gasteiger partial charge in [0.05, 0.1) is 30.8 Å². The molecule has 0 aliphatic carbocycles. The molecule has 0 bridgehead atoms. The lowest BCUT2D eigenvalue weighted by molar-refractivity contribution is -0.137. The lowest BCUT2D eigenvalue weighted by atomic mass is 10.1. The molecule has 3 aromatic rings. The van der Waals surface area contributed by atoms with Gasteiger partial charge in [-0.1, -0.05) is 36.0 Å². The largest absolute Gasteiger partial charge is 0.418 e. The summed E-state index contributed by atoms with van der Waals surface area (Å²) in [4.78, 5) is 29.3. The van der Waals surface area contributed by atoms with Crippen molar-refractivity contribution in [3.63, 3.8) is 0 Å². The number of nitrogens with one attached hydrogen (secondary N) is 3. The molecule has 0 radical (unpaired) electrons. The highest BCUT2D eigenvalue weighted by Crippen LogP contribution is 2.35. The number of hydrogen-bond donors (Lipinski definition) is 3. The van der Waals surface area contributed by atoms with Gasteiger partial charge in [0.1, 0.15) is 6.33 Å². The summed E-state index contributed by atoms with van der Waals surface area (Å²) in [6.45, 7) is 5.02. The van der Waals surface area contributed by atoms with Crippen LogP contribution in [0.4, 0.5) is 29.3 Å². The van der Waals surface area contributed by atoms with E-state index in [0.29, 0.717) is 17.3 Å². The maximum absolute atomic E-state index is 13.9.